The summed E-state index contributed by atoms with van der Waals surface area (Å²) in [5.41, 5.74) is 1.82. The molecular weight excluding hydrogens is 310 g/mol. The molecule has 1 heterocycles. The van der Waals surface area contributed by atoms with Crippen LogP contribution in [-0.2, 0) is 0 Å². The van der Waals surface area contributed by atoms with Crippen LogP contribution >= 0.6 is 27.7 Å². The maximum atomic E-state index is 10.1. The minimum atomic E-state index is -0.491. The van der Waals surface area contributed by atoms with Crippen LogP contribution in [-0.4, -0.2) is 15.8 Å². The van der Waals surface area contributed by atoms with Crippen LogP contribution in [0.5, 0.6) is 0 Å². The fourth-order valence-electron chi connectivity index (χ4n) is 1.50. The van der Waals surface area contributed by atoms with Crippen molar-refractivity contribution in [2.24, 2.45) is 0 Å². The lowest BCUT2D eigenvalue weighted by molar-refractivity contribution is 0.203. The zero-order valence-electron chi connectivity index (χ0n) is 10.0. The van der Waals surface area contributed by atoms with Crippen LogP contribution in [0.15, 0.2) is 52.0 Å². The van der Waals surface area contributed by atoms with E-state index in [2.05, 4.69) is 20.9 Å². The third-order valence-corrected chi connectivity index (χ3v) is 4.66. The Morgan fingerprint density at radius 1 is 1.28 bits per heavy atom. The second-order valence-electron chi connectivity index (χ2n) is 3.99. The Balaban J connectivity index is 1.98. The maximum Gasteiger partial charge on any atom is 0.0898 e. The van der Waals surface area contributed by atoms with E-state index in [0.29, 0.717) is 5.75 Å². The molecule has 2 rings (SSSR count). The molecule has 1 aromatic carbocycles. The number of aryl methyl sites for hydroxylation is 1. The summed E-state index contributed by atoms with van der Waals surface area (Å²) < 4.78 is 1.06. The summed E-state index contributed by atoms with van der Waals surface area (Å²) in [6, 6.07) is 11.9. The number of aromatic nitrogens is 1. The van der Waals surface area contributed by atoms with Crippen molar-refractivity contribution < 1.29 is 5.11 Å². The maximum absolute atomic E-state index is 10.1. The molecule has 0 radical (unpaired) electrons. The van der Waals surface area contributed by atoms with Crippen molar-refractivity contribution in [3.8, 4) is 0 Å². The number of pyridine rings is 1. The molecular formula is C14H14BrNOS. The van der Waals surface area contributed by atoms with E-state index in [1.807, 2.05) is 43.3 Å². The van der Waals surface area contributed by atoms with Crippen molar-refractivity contribution in [2.75, 3.05) is 5.75 Å². The van der Waals surface area contributed by atoms with Gasteiger partial charge in [-0.2, -0.15) is 0 Å². The van der Waals surface area contributed by atoms with E-state index >= 15 is 0 Å². The average molecular weight is 324 g/mol. The number of benzene rings is 1. The van der Waals surface area contributed by atoms with Crippen LogP contribution < -0.4 is 0 Å². The van der Waals surface area contributed by atoms with Crippen LogP contribution in [0.3, 0.4) is 0 Å². The Bertz CT molecular complexity index is 515. The van der Waals surface area contributed by atoms with E-state index in [1.54, 1.807) is 18.0 Å². The van der Waals surface area contributed by atoms with Gasteiger partial charge in [-0.1, -0.05) is 18.2 Å². The predicted octanol–water partition coefficient (Wildman–Crippen LogP) is 3.98. The van der Waals surface area contributed by atoms with Gasteiger partial charge in [0.05, 0.1) is 6.10 Å². The topological polar surface area (TPSA) is 33.1 Å². The molecule has 18 heavy (non-hydrogen) atoms. The van der Waals surface area contributed by atoms with E-state index in [4.69, 9.17) is 0 Å². The molecule has 0 bridgehead atoms. The van der Waals surface area contributed by atoms with E-state index in [9.17, 15) is 5.11 Å². The molecule has 0 spiro atoms. The summed E-state index contributed by atoms with van der Waals surface area (Å²) in [4.78, 5) is 5.33. The average Bonchev–Trinajstić information content (AvgIpc) is 2.38. The zero-order chi connectivity index (χ0) is 13.0. The summed E-state index contributed by atoms with van der Waals surface area (Å²) in [5, 5.41) is 10.1. The molecule has 0 aliphatic rings. The van der Waals surface area contributed by atoms with Crippen molar-refractivity contribution in [3.05, 3.63) is 58.3 Å². The summed E-state index contributed by atoms with van der Waals surface area (Å²) in [7, 11) is 0. The van der Waals surface area contributed by atoms with Crippen molar-refractivity contribution in [1.82, 2.24) is 4.98 Å². The summed E-state index contributed by atoms with van der Waals surface area (Å²) in [6.45, 7) is 1.94. The standard InChI is InChI=1S/C14H14BrNOS/c1-10-6-7-11(8-16-10)13(17)9-18-14-5-3-2-4-12(14)15/h2-8,13,17H,9H2,1H3. The number of rotatable bonds is 4. The normalized spacial score (nSPS) is 12.4. The van der Waals surface area contributed by atoms with Gasteiger partial charge in [0.1, 0.15) is 0 Å². The second-order valence-corrected chi connectivity index (χ2v) is 5.91. The van der Waals surface area contributed by atoms with E-state index in [-0.39, 0.29) is 0 Å². The van der Waals surface area contributed by atoms with Crippen LogP contribution in [0.1, 0.15) is 17.4 Å². The Labute approximate surface area is 120 Å². The predicted molar refractivity (Wildman–Crippen MR) is 78.8 cm³/mol. The number of nitrogens with zero attached hydrogens (tertiary/aromatic N) is 1. The number of hydrogen-bond acceptors (Lipinski definition) is 3. The lowest BCUT2D eigenvalue weighted by atomic mass is 10.2. The molecule has 4 heteroatoms. The Morgan fingerprint density at radius 3 is 2.72 bits per heavy atom. The van der Waals surface area contributed by atoms with Crippen LogP contribution in [0.25, 0.3) is 0 Å². The molecule has 0 aliphatic carbocycles. The van der Waals surface area contributed by atoms with Crippen LogP contribution in [0.2, 0.25) is 0 Å². The fourth-order valence-corrected chi connectivity index (χ4v) is 3.04. The Kier molecular flexibility index (Phi) is 4.80. The van der Waals surface area contributed by atoms with Gasteiger partial charge in [-0.05, 0) is 46.6 Å². The monoisotopic (exact) mass is 323 g/mol. The van der Waals surface area contributed by atoms with Gasteiger partial charge in [0.2, 0.25) is 0 Å². The molecule has 2 aromatic rings. The second kappa shape index (κ2) is 6.36. The largest absolute Gasteiger partial charge is 0.387 e. The first-order valence-electron chi connectivity index (χ1n) is 5.65. The van der Waals surface area contributed by atoms with E-state index in [0.717, 1.165) is 20.6 Å². The van der Waals surface area contributed by atoms with E-state index in [1.165, 1.54) is 0 Å². The Morgan fingerprint density at radius 2 is 2.06 bits per heavy atom. The molecule has 2 nitrogen and oxygen atoms in total. The first kappa shape index (κ1) is 13.6. The number of aliphatic hydroxyl groups excluding tert-OH is 1. The SMILES string of the molecule is Cc1ccc(C(O)CSc2ccccc2Br)cn1. The third-order valence-electron chi connectivity index (χ3n) is 2.55. The van der Waals surface area contributed by atoms with Gasteiger partial charge in [0.15, 0.2) is 0 Å². The van der Waals surface area contributed by atoms with Crippen molar-refractivity contribution >= 4 is 27.7 Å². The first-order chi connectivity index (χ1) is 8.66. The van der Waals surface area contributed by atoms with Crippen molar-refractivity contribution in [2.45, 2.75) is 17.9 Å². The molecule has 0 saturated heterocycles. The van der Waals surface area contributed by atoms with Crippen LogP contribution in [0.4, 0.5) is 0 Å². The zero-order valence-corrected chi connectivity index (χ0v) is 12.4. The number of aliphatic hydroxyl groups is 1. The van der Waals surface area contributed by atoms with Gasteiger partial charge < -0.3 is 5.11 Å². The highest BCUT2D eigenvalue weighted by molar-refractivity contribution is 9.10. The molecule has 1 N–H and O–H groups in total. The molecule has 94 valence electrons. The fraction of sp³-hybridized carbons (Fsp3) is 0.214. The molecule has 1 unspecified atom stereocenters. The third kappa shape index (κ3) is 3.57. The Hall–Kier alpha value is -0.840. The van der Waals surface area contributed by atoms with Crippen LogP contribution in [0, 0.1) is 6.92 Å². The first-order valence-corrected chi connectivity index (χ1v) is 7.42. The molecule has 0 amide bonds. The lowest BCUT2D eigenvalue weighted by Gasteiger charge is -2.11. The molecule has 0 saturated carbocycles. The number of thioether (sulfide) groups is 1. The van der Waals surface area contributed by atoms with Gasteiger partial charge in [-0.3, -0.25) is 4.98 Å². The summed E-state index contributed by atoms with van der Waals surface area (Å²) in [6.07, 6.45) is 1.25. The summed E-state index contributed by atoms with van der Waals surface area (Å²) >= 11 is 5.13. The minimum absolute atomic E-state index is 0.491. The lowest BCUT2D eigenvalue weighted by Crippen LogP contribution is -2.01. The van der Waals surface area contributed by atoms with Crippen molar-refractivity contribution in [3.63, 3.8) is 0 Å². The highest BCUT2D eigenvalue weighted by Gasteiger charge is 2.09. The van der Waals surface area contributed by atoms with Gasteiger partial charge in [0.25, 0.3) is 0 Å². The molecule has 0 fully saturated rings. The minimum Gasteiger partial charge on any atom is -0.387 e. The van der Waals surface area contributed by atoms with E-state index < -0.39 is 6.10 Å². The molecule has 0 aliphatic heterocycles. The summed E-state index contributed by atoms with van der Waals surface area (Å²) in [5.74, 6) is 0.618. The van der Waals surface area contributed by atoms with Crippen molar-refractivity contribution in [1.29, 1.82) is 0 Å². The highest BCUT2D eigenvalue weighted by atomic mass is 79.9. The van der Waals surface area contributed by atoms with Gasteiger partial charge in [0, 0.05) is 27.0 Å². The number of hydrogen-bond donors (Lipinski definition) is 1. The highest BCUT2D eigenvalue weighted by Crippen LogP contribution is 2.30. The van der Waals surface area contributed by atoms with Gasteiger partial charge in [-0.15, -0.1) is 11.8 Å². The molecule has 1 atom stereocenters. The van der Waals surface area contributed by atoms with Gasteiger partial charge >= 0.3 is 0 Å². The quantitative estimate of drug-likeness (QED) is 0.864. The number of halogens is 1. The smallest absolute Gasteiger partial charge is 0.0898 e. The van der Waals surface area contributed by atoms with Gasteiger partial charge in [-0.25, -0.2) is 0 Å². The molecule has 1 aromatic heterocycles.